The number of hydrogen-bond acceptors (Lipinski definition) is 3. The Morgan fingerprint density at radius 1 is 1.33 bits per heavy atom. The monoisotopic (exact) mass is 255 g/mol. The Kier molecular flexibility index (Phi) is 4.96. The molecule has 1 aromatic carbocycles. The van der Waals surface area contributed by atoms with Crippen molar-refractivity contribution in [2.24, 2.45) is 10.9 Å². The van der Waals surface area contributed by atoms with Crippen molar-refractivity contribution in [3.8, 4) is 0 Å². The third-order valence-electron chi connectivity index (χ3n) is 2.74. The van der Waals surface area contributed by atoms with E-state index in [0.717, 1.165) is 0 Å². The van der Waals surface area contributed by atoms with Crippen molar-refractivity contribution in [1.82, 2.24) is 0 Å². The topological polar surface area (TPSA) is 61.7 Å². The van der Waals surface area contributed by atoms with Crippen LogP contribution in [0.15, 0.2) is 35.3 Å². The van der Waals surface area contributed by atoms with Gasteiger partial charge in [-0.25, -0.2) is 4.79 Å². The Hall–Kier alpha value is -0.840. The minimum atomic E-state index is -1.22. The summed E-state index contributed by atoms with van der Waals surface area (Å²) in [5.74, 6) is -0.275. The molecular formula is C13H14NNaO3. The predicted molar refractivity (Wildman–Crippen MR) is 61.5 cm³/mol. The molecule has 1 aromatic rings. The maximum Gasteiger partial charge on any atom is 1.00 e. The number of hydrogen-bond donors (Lipinski definition) is 0. The van der Waals surface area contributed by atoms with Crippen LogP contribution in [0.25, 0.3) is 0 Å². The summed E-state index contributed by atoms with van der Waals surface area (Å²) in [6, 6.07) is 9.06. The van der Waals surface area contributed by atoms with Crippen molar-refractivity contribution >= 4 is 12.0 Å². The van der Waals surface area contributed by atoms with E-state index >= 15 is 0 Å². The maximum absolute atomic E-state index is 11.9. The van der Waals surface area contributed by atoms with Gasteiger partial charge in [0.05, 0.1) is 0 Å². The number of carbonyl (C=O) groups excluding carboxylic acids is 1. The zero-order chi connectivity index (χ0) is 12.5. The van der Waals surface area contributed by atoms with Gasteiger partial charge in [0.25, 0.3) is 0 Å². The second kappa shape index (κ2) is 5.87. The zero-order valence-electron chi connectivity index (χ0n) is 10.8. The fourth-order valence-electron chi connectivity index (χ4n) is 2.10. The van der Waals surface area contributed by atoms with E-state index in [9.17, 15) is 9.90 Å². The summed E-state index contributed by atoms with van der Waals surface area (Å²) in [6.45, 7) is 3.95. The molecule has 2 rings (SSSR count). The summed E-state index contributed by atoms with van der Waals surface area (Å²) in [4.78, 5) is 14.6. The minimum absolute atomic E-state index is 0. The van der Waals surface area contributed by atoms with E-state index in [2.05, 4.69) is 4.99 Å². The molecule has 4 nitrogen and oxygen atoms in total. The summed E-state index contributed by atoms with van der Waals surface area (Å²) in [7, 11) is 0. The largest absolute Gasteiger partial charge is 1.00 e. The van der Waals surface area contributed by atoms with Gasteiger partial charge in [0.15, 0.2) is 5.60 Å². The molecule has 0 N–H and O–H groups in total. The second-order valence-corrected chi connectivity index (χ2v) is 4.58. The van der Waals surface area contributed by atoms with Crippen LogP contribution in [0, 0.1) is 5.92 Å². The molecule has 1 unspecified atom stereocenters. The molecule has 0 saturated carbocycles. The number of cyclic esters (lactones) is 1. The Bertz CT molecular complexity index is 459. The SMILES string of the molecule is CC(C)CC1(c2ccccc2)OC(=O)N=C1[O-].[Na+]. The van der Waals surface area contributed by atoms with Gasteiger partial charge in [-0.2, -0.15) is 4.99 Å². The van der Waals surface area contributed by atoms with E-state index in [4.69, 9.17) is 4.74 Å². The first kappa shape index (κ1) is 15.2. The molecule has 1 amide bonds. The first-order chi connectivity index (χ1) is 8.04. The number of benzene rings is 1. The predicted octanol–water partition coefficient (Wildman–Crippen LogP) is -1.16. The Morgan fingerprint density at radius 2 is 1.94 bits per heavy atom. The summed E-state index contributed by atoms with van der Waals surface area (Å²) in [5, 5.41) is 11.9. The fraction of sp³-hybridized carbons (Fsp3) is 0.385. The van der Waals surface area contributed by atoms with Crippen LogP contribution in [-0.4, -0.2) is 12.0 Å². The average molecular weight is 255 g/mol. The smallest absolute Gasteiger partial charge is 0.859 e. The van der Waals surface area contributed by atoms with Crippen molar-refractivity contribution in [2.45, 2.75) is 25.9 Å². The van der Waals surface area contributed by atoms with Gasteiger partial charge >= 0.3 is 35.7 Å². The molecule has 1 aliphatic rings. The van der Waals surface area contributed by atoms with E-state index in [-0.39, 0.29) is 35.5 Å². The molecule has 1 heterocycles. The van der Waals surface area contributed by atoms with Gasteiger partial charge in [-0.15, -0.1) is 0 Å². The molecule has 0 fully saturated rings. The quantitative estimate of drug-likeness (QED) is 0.640. The average Bonchev–Trinajstić information content (AvgIpc) is 2.55. The van der Waals surface area contributed by atoms with Gasteiger partial charge < -0.3 is 9.84 Å². The standard InChI is InChI=1S/C13H15NO3.Na/c1-9(2)8-13(10-6-4-3-5-7-10)11(15)14-12(16)17-13;/h3-7,9H,8H2,1-2H3,(H,14,15,16);/q;+1/p-1. The molecule has 0 saturated heterocycles. The minimum Gasteiger partial charge on any atom is -0.859 e. The third-order valence-corrected chi connectivity index (χ3v) is 2.74. The van der Waals surface area contributed by atoms with E-state index in [0.29, 0.717) is 12.0 Å². The van der Waals surface area contributed by atoms with Gasteiger partial charge in [0, 0.05) is 11.5 Å². The summed E-state index contributed by atoms with van der Waals surface area (Å²) < 4.78 is 5.20. The van der Waals surface area contributed by atoms with Crippen LogP contribution in [-0.2, 0) is 10.3 Å². The molecule has 0 aromatic heterocycles. The van der Waals surface area contributed by atoms with E-state index in [1.165, 1.54) is 0 Å². The zero-order valence-corrected chi connectivity index (χ0v) is 12.8. The van der Waals surface area contributed by atoms with Gasteiger partial charge in [-0.1, -0.05) is 44.2 Å². The van der Waals surface area contributed by atoms with Crippen LogP contribution >= 0.6 is 0 Å². The van der Waals surface area contributed by atoms with Crippen LogP contribution in [0.5, 0.6) is 0 Å². The van der Waals surface area contributed by atoms with Crippen molar-refractivity contribution in [1.29, 1.82) is 0 Å². The normalized spacial score (nSPS) is 22.4. The van der Waals surface area contributed by atoms with E-state index in [1.807, 2.05) is 32.0 Å². The van der Waals surface area contributed by atoms with Gasteiger partial charge in [-0.05, 0) is 12.3 Å². The number of nitrogens with zero attached hydrogens (tertiary/aromatic N) is 1. The van der Waals surface area contributed by atoms with Crippen molar-refractivity contribution in [2.75, 3.05) is 0 Å². The van der Waals surface area contributed by atoms with E-state index in [1.54, 1.807) is 12.1 Å². The van der Waals surface area contributed by atoms with Crippen molar-refractivity contribution in [3.05, 3.63) is 35.9 Å². The van der Waals surface area contributed by atoms with Crippen LogP contribution < -0.4 is 34.7 Å². The number of amides is 1. The van der Waals surface area contributed by atoms with Gasteiger partial charge in [-0.3, -0.25) is 0 Å². The van der Waals surface area contributed by atoms with Gasteiger partial charge in [0.1, 0.15) is 0 Å². The van der Waals surface area contributed by atoms with Crippen LogP contribution in [0.2, 0.25) is 0 Å². The first-order valence-electron chi connectivity index (χ1n) is 5.59. The van der Waals surface area contributed by atoms with E-state index < -0.39 is 17.6 Å². The molecule has 5 heteroatoms. The third kappa shape index (κ3) is 2.76. The molecule has 0 bridgehead atoms. The molecule has 1 aliphatic heterocycles. The van der Waals surface area contributed by atoms with Crippen LogP contribution in [0.4, 0.5) is 4.79 Å². The second-order valence-electron chi connectivity index (χ2n) is 4.58. The molecule has 1 atom stereocenters. The molecule has 18 heavy (non-hydrogen) atoms. The first-order valence-corrected chi connectivity index (χ1v) is 5.59. The number of rotatable bonds is 3. The molecule has 0 radical (unpaired) electrons. The summed E-state index contributed by atoms with van der Waals surface area (Å²) in [5.41, 5.74) is -0.528. The van der Waals surface area contributed by atoms with Crippen LogP contribution in [0.3, 0.4) is 0 Å². The maximum atomic E-state index is 11.9. The molecule has 0 aliphatic carbocycles. The Balaban J connectivity index is 0.00000162. The van der Waals surface area contributed by atoms with Gasteiger partial charge in [0.2, 0.25) is 0 Å². The fourth-order valence-corrected chi connectivity index (χ4v) is 2.10. The van der Waals surface area contributed by atoms with Crippen molar-refractivity contribution in [3.63, 3.8) is 0 Å². The number of carbonyl (C=O) groups is 1. The Morgan fingerprint density at radius 3 is 2.39 bits per heavy atom. The Labute approximate surface area is 128 Å². The molecule has 0 spiro atoms. The summed E-state index contributed by atoms with van der Waals surface area (Å²) in [6.07, 6.45) is -0.343. The van der Waals surface area contributed by atoms with Crippen LogP contribution in [0.1, 0.15) is 25.8 Å². The van der Waals surface area contributed by atoms with Crippen molar-refractivity contribution < 1.29 is 44.2 Å². The molecule has 90 valence electrons. The number of ether oxygens (including phenoxy) is 1. The summed E-state index contributed by atoms with van der Waals surface area (Å²) >= 11 is 0. The number of aliphatic imine (C=N–C) groups is 1. The molecular weight excluding hydrogens is 241 g/mol.